The van der Waals surface area contributed by atoms with E-state index in [1.165, 1.54) is 6.07 Å². The van der Waals surface area contributed by atoms with Crippen molar-refractivity contribution >= 4 is 44.8 Å². The Bertz CT molecular complexity index is 1060. The zero-order valence-electron chi connectivity index (χ0n) is 16.6. The van der Waals surface area contributed by atoms with E-state index in [0.717, 1.165) is 37.5 Å². The molecule has 0 radical (unpaired) electrons. The Balaban J connectivity index is 1.85. The van der Waals surface area contributed by atoms with Gasteiger partial charge in [-0.25, -0.2) is 17.5 Å². The van der Waals surface area contributed by atoms with E-state index in [4.69, 9.17) is 23.2 Å². The van der Waals surface area contributed by atoms with E-state index in [-0.39, 0.29) is 32.6 Å². The molecule has 0 bridgehead atoms. The van der Waals surface area contributed by atoms with E-state index in [9.17, 15) is 17.6 Å². The average molecular weight is 473 g/mol. The predicted molar refractivity (Wildman–Crippen MR) is 117 cm³/mol. The summed E-state index contributed by atoms with van der Waals surface area (Å²) >= 11 is 12.0. The smallest absolute Gasteiger partial charge is 0.258 e. The highest BCUT2D eigenvalue weighted by Crippen LogP contribution is 2.32. The van der Waals surface area contributed by atoms with Gasteiger partial charge in [0.05, 0.1) is 26.2 Å². The average Bonchev–Trinajstić information content (AvgIpc) is 2.69. The van der Waals surface area contributed by atoms with Crippen LogP contribution in [0.15, 0.2) is 41.3 Å². The molecular formula is C21H23Cl2FN2O3S. The van der Waals surface area contributed by atoms with Gasteiger partial charge in [-0.2, -0.15) is 0 Å². The number of amides is 1. The summed E-state index contributed by atoms with van der Waals surface area (Å²) in [6.07, 6.45) is 2.75. The van der Waals surface area contributed by atoms with Crippen LogP contribution in [0.3, 0.4) is 0 Å². The predicted octanol–water partition coefficient (Wildman–Crippen LogP) is 5.49. The molecule has 2 aromatic carbocycles. The van der Waals surface area contributed by atoms with Gasteiger partial charge in [-0.15, -0.1) is 0 Å². The first-order valence-electron chi connectivity index (χ1n) is 9.67. The molecule has 0 spiro atoms. The molecule has 1 aliphatic carbocycles. The fourth-order valence-corrected chi connectivity index (χ4v) is 5.39. The number of benzene rings is 2. The molecule has 162 valence electrons. The van der Waals surface area contributed by atoms with Crippen molar-refractivity contribution in [1.29, 1.82) is 0 Å². The summed E-state index contributed by atoms with van der Waals surface area (Å²) in [5.74, 6) is -1.08. The van der Waals surface area contributed by atoms with Crippen molar-refractivity contribution < 1.29 is 17.6 Å². The van der Waals surface area contributed by atoms with Gasteiger partial charge in [-0.1, -0.05) is 56.0 Å². The first kappa shape index (κ1) is 23.0. The van der Waals surface area contributed by atoms with Crippen LogP contribution in [-0.4, -0.2) is 20.4 Å². The van der Waals surface area contributed by atoms with Crippen molar-refractivity contribution in [3.8, 4) is 0 Å². The van der Waals surface area contributed by atoms with Crippen LogP contribution < -0.4 is 10.0 Å². The van der Waals surface area contributed by atoms with Gasteiger partial charge in [-0.05, 0) is 48.6 Å². The second kappa shape index (κ2) is 9.22. The van der Waals surface area contributed by atoms with Crippen molar-refractivity contribution in [2.45, 2.75) is 44.0 Å². The maximum Gasteiger partial charge on any atom is 0.258 e. The number of hydrogen-bond donors (Lipinski definition) is 2. The van der Waals surface area contributed by atoms with Gasteiger partial charge in [0.25, 0.3) is 5.91 Å². The largest absolute Gasteiger partial charge is 0.320 e. The summed E-state index contributed by atoms with van der Waals surface area (Å²) < 4.78 is 42.8. The molecule has 2 N–H and O–H groups in total. The minimum Gasteiger partial charge on any atom is -0.320 e. The topological polar surface area (TPSA) is 75.3 Å². The summed E-state index contributed by atoms with van der Waals surface area (Å²) in [5.41, 5.74) is -0.205. The molecule has 0 aromatic heterocycles. The van der Waals surface area contributed by atoms with Crippen LogP contribution in [0.25, 0.3) is 0 Å². The highest BCUT2D eigenvalue weighted by molar-refractivity contribution is 7.89. The van der Waals surface area contributed by atoms with E-state index in [2.05, 4.69) is 17.0 Å². The Morgan fingerprint density at radius 1 is 1.13 bits per heavy atom. The van der Waals surface area contributed by atoms with Crippen molar-refractivity contribution in [1.82, 2.24) is 4.72 Å². The van der Waals surface area contributed by atoms with Crippen LogP contribution in [-0.2, 0) is 10.0 Å². The molecule has 1 aliphatic rings. The van der Waals surface area contributed by atoms with E-state index >= 15 is 0 Å². The Kier molecular flexibility index (Phi) is 7.07. The number of carbonyl (C=O) groups excluding carboxylic acids is 1. The number of hydrogen-bond acceptors (Lipinski definition) is 3. The maximum absolute atomic E-state index is 14.3. The molecule has 1 fully saturated rings. The lowest BCUT2D eigenvalue weighted by Gasteiger charge is -2.34. The first-order chi connectivity index (χ1) is 14.1. The van der Waals surface area contributed by atoms with Crippen LogP contribution in [0.5, 0.6) is 0 Å². The number of nitrogens with one attached hydrogen (secondary N) is 2. The fraction of sp³-hybridized carbons (Fsp3) is 0.381. The fourth-order valence-electron chi connectivity index (χ4n) is 3.65. The van der Waals surface area contributed by atoms with Crippen LogP contribution in [0.4, 0.5) is 10.1 Å². The minimum atomic E-state index is -3.92. The summed E-state index contributed by atoms with van der Waals surface area (Å²) in [5, 5.41) is 2.81. The molecule has 30 heavy (non-hydrogen) atoms. The number of carbonyl (C=O) groups is 1. The lowest BCUT2D eigenvalue weighted by atomic mass is 9.78. The van der Waals surface area contributed by atoms with Gasteiger partial charge in [-0.3, -0.25) is 4.79 Å². The van der Waals surface area contributed by atoms with Gasteiger partial charge in [0.1, 0.15) is 5.82 Å². The maximum atomic E-state index is 14.3. The van der Waals surface area contributed by atoms with Crippen LogP contribution in [0, 0.1) is 17.7 Å². The molecule has 3 rings (SSSR count). The lowest BCUT2D eigenvalue weighted by molar-refractivity contribution is 0.102. The second-order valence-electron chi connectivity index (χ2n) is 7.69. The van der Waals surface area contributed by atoms with Crippen LogP contribution in [0.2, 0.25) is 10.0 Å². The monoisotopic (exact) mass is 472 g/mol. The zero-order valence-corrected chi connectivity index (χ0v) is 18.9. The van der Waals surface area contributed by atoms with Gasteiger partial charge < -0.3 is 5.32 Å². The number of halogens is 3. The first-order valence-corrected chi connectivity index (χ1v) is 11.9. The molecule has 1 amide bonds. The summed E-state index contributed by atoms with van der Waals surface area (Å²) in [6, 6.07) is 7.59. The van der Waals surface area contributed by atoms with Crippen molar-refractivity contribution in [2.75, 3.05) is 5.32 Å². The van der Waals surface area contributed by atoms with Gasteiger partial charge in [0.15, 0.2) is 0 Å². The summed E-state index contributed by atoms with van der Waals surface area (Å²) in [7, 11) is -3.92. The SMILES string of the molecule is C[C@@H]1[C@H](C)CCC[C@H]1NS(=O)(=O)c1ccc(F)c(C(=O)Nc2cccc(Cl)c2Cl)c1. The Labute approximate surface area is 186 Å². The number of anilines is 1. The lowest BCUT2D eigenvalue weighted by Crippen LogP contribution is -2.43. The number of sulfonamides is 1. The molecule has 5 nitrogen and oxygen atoms in total. The summed E-state index contributed by atoms with van der Waals surface area (Å²) in [6.45, 7) is 4.13. The van der Waals surface area contributed by atoms with E-state index in [0.29, 0.717) is 5.92 Å². The Morgan fingerprint density at radius 3 is 2.60 bits per heavy atom. The third-order valence-electron chi connectivity index (χ3n) is 5.71. The van der Waals surface area contributed by atoms with E-state index < -0.39 is 27.3 Å². The van der Waals surface area contributed by atoms with Gasteiger partial charge in [0, 0.05) is 6.04 Å². The Morgan fingerprint density at radius 2 is 1.87 bits per heavy atom. The normalized spacial score (nSPS) is 22.0. The van der Waals surface area contributed by atoms with Gasteiger partial charge >= 0.3 is 0 Å². The number of rotatable bonds is 5. The molecule has 0 saturated heterocycles. The molecule has 2 aromatic rings. The van der Waals surface area contributed by atoms with E-state index in [1.54, 1.807) is 12.1 Å². The van der Waals surface area contributed by atoms with Crippen molar-refractivity contribution in [3.05, 3.63) is 57.8 Å². The molecule has 1 saturated carbocycles. The van der Waals surface area contributed by atoms with Gasteiger partial charge in [0.2, 0.25) is 10.0 Å². The highest BCUT2D eigenvalue weighted by Gasteiger charge is 2.31. The Hall–Kier alpha value is -1.67. The molecule has 0 heterocycles. The quantitative estimate of drug-likeness (QED) is 0.603. The third kappa shape index (κ3) is 4.97. The zero-order chi connectivity index (χ0) is 22.1. The summed E-state index contributed by atoms with van der Waals surface area (Å²) in [4.78, 5) is 12.4. The molecular weight excluding hydrogens is 450 g/mol. The van der Waals surface area contributed by atoms with Crippen LogP contribution >= 0.6 is 23.2 Å². The minimum absolute atomic E-state index is 0.110. The standard InChI is InChI=1S/C21H23Cl2FN2O3S/c1-12-5-3-7-18(13(12)2)26-30(28,29)14-9-10-17(24)15(11-14)21(27)25-19-8-4-6-16(22)20(19)23/h4,6,8-13,18,26H,3,5,7H2,1-2H3,(H,25,27)/t12-,13-,18-/m1/s1. The van der Waals surface area contributed by atoms with Crippen LogP contribution in [0.1, 0.15) is 43.5 Å². The van der Waals surface area contributed by atoms with Crippen molar-refractivity contribution in [3.63, 3.8) is 0 Å². The van der Waals surface area contributed by atoms with E-state index in [1.807, 2.05) is 6.92 Å². The molecule has 3 atom stereocenters. The van der Waals surface area contributed by atoms with Crippen molar-refractivity contribution in [2.24, 2.45) is 11.8 Å². The third-order valence-corrected chi connectivity index (χ3v) is 8.01. The molecule has 9 heteroatoms. The second-order valence-corrected chi connectivity index (χ2v) is 10.2. The highest BCUT2D eigenvalue weighted by atomic mass is 35.5. The molecule has 0 aliphatic heterocycles. The molecule has 0 unspecified atom stereocenters.